The van der Waals surface area contributed by atoms with E-state index in [0.717, 1.165) is 13.1 Å². The Bertz CT molecular complexity index is 847. The van der Waals surface area contributed by atoms with Gasteiger partial charge in [0.15, 0.2) is 0 Å². The van der Waals surface area contributed by atoms with E-state index in [0.29, 0.717) is 12.0 Å². The van der Waals surface area contributed by atoms with E-state index < -0.39 is 0 Å². The first-order valence-corrected chi connectivity index (χ1v) is 10.7. The highest BCUT2D eigenvalue weighted by molar-refractivity contribution is 5.90. The lowest BCUT2D eigenvalue weighted by molar-refractivity contribution is 0.224. The molecule has 1 aromatic heterocycles. The molecule has 146 valence electrons. The molecule has 28 heavy (non-hydrogen) atoms. The fourth-order valence-corrected chi connectivity index (χ4v) is 5.03. The number of hydrogen-bond acceptors (Lipinski definition) is 4. The molecule has 5 rings (SSSR count). The summed E-state index contributed by atoms with van der Waals surface area (Å²) in [5, 5.41) is 3.35. The molecule has 1 aromatic carbocycles. The fourth-order valence-electron chi connectivity index (χ4n) is 5.03. The highest BCUT2D eigenvalue weighted by Gasteiger charge is 2.33. The first-order valence-electron chi connectivity index (χ1n) is 10.7. The molecule has 4 nitrogen and oxygen atoms in total. The lowest BCUT2D eigenvalue weighted by atomic mass is 9.95. The van der Waals surface area contributed by atoms with E-state index in [1.165, 1.54) is 73.4 Å². The van der Waals surface area contributed by atoms with Gasteiger partial charge in [-0.3, -0.25) is 9.88 Å². The molecule has 1 N–H and O–H groups in total. The van der Waals surface area contributed by atoms with Crippen molar-refractivity contribution in [3.05, 3.63) is 66.1 Å². The van der Waals surface area contributed by atoms with Crippen molar-refractivity contribution in [2.75, 3.05) is 25.0 Å². The summed E-state index contributed by atoms with van der Waals surface area (Å²) in [6.45, 7) is 8.75. The summed E-state index contributed by atoms with van der Waals surface area (Å²) in [6.07, 6.45) is 10.1. The molecular formula is C24H30N4. The fraction of sp³-hybridized carbons (Fsp3) is 0.458. The van der Waals surface area contributed by atoms with E-state index in [4.69, 9.17) is 0 Å². The van der Waals surface area contributed by atoms with E-state index >= 15 is 0 Å². The normalized spacial score (nSPS) is 23.7. The monoisotopic (exact) mass is 374 g/mol. The summed E-state index contributed by atoms with van der Waals surface area (Å²) in [6, 6.07) is 11.8. The van der Waals surface area contributed by atoms with Crippen LogP contribution in [0.25, 0.3) is 0 Å². The van der Waals surface area contributed by atoms with Crippen molar-refractivity contribution in [3.8, 4) is 0 Å². The topological polar surface area (TPSA) is 41.3 Å². The molecule has 3 aliphatic heterocycles. The number of fused-ring (bicyclic) bond motifs is 1. The highest BCUT2D eigenvalue weighted by atomic mass is 15.2. The molecule has 0 radical (unpaired) electrons. The number of rotatable bonds is 7. The Labute approximate surface area is 168 Å². The largest absolute Gasteiger partial charge is 0.375 e. The maximum atomic E-state index is 4.32. The van der Waals surface area contributed by atoms with Crippen LogP contribution in [0.1, 0.15) is 49.1 Å². The van der Waals surface area contributed by atoms with Crippen molar-refractivity contribution in [2.24, 2.45) is 0 Å². The van der Waals surface area contributed by atoms with Crippen LogP contribution in [0.15, 0.2) is 55.0 Å². The average molecular weight is 375 g/mol. The Morgan fingerprint density at radius 1 is 1.21 bits per heavy atom. The molecule has 2 unspecified atom stereocenters. The van der Waals surface area contributed by atoms with Gasteiger partial charge in [-0.25, -0.2) is 0 Å². The Morgan fingerprint density at radius 2 is 2.18 bits per heavy atom. The summed E-state index contributed by atoms with van der Waals surface area (Å²) in [5.74, 6) is 0.635. The number of anilines is 2. The lowest BCUT2D eigenvalue weighted by Crippen LogP contribution is -2.30. The first kappa shape index (κ1) is 17.7. The molecule has 4 heteroatoms. The molecule has 3 aliphatic rings. The van der Waals surface area contributed by atoms with Crippen LogP contribution in [0.5, 0.6) is 0 Å². The average Bonchev–Trinajstić information content (AvgIpc) is 3.23. The number of aromatic nitrogens is 1. The zero-order valence-corrected chi connectivity index (χ0v) is 16.6. The second kappa shape index (κ2) is 7.59. The highest BCUT2D eigenvalue weighted by Crippen LogP contribution is 2.43. The molecule has 0 bridgehead atoms. The van der Waals surface area contributed by atoms with Crippen LogP contribution in [-0.4, -0.2) is 40.5 Å². The molecule has 4 heterocycles. The Hall–Kier alpha value is -2.33. The van der Waals surface area contributed by atoms with Gasteiger partial charge in [-0.15, -0.1) is 0 Å². The molecule has 0 saturated carbocycles. The minimum atomic E-state index is 0.635. The van der Waals surface area contributed by atoms with Crippen LogP contribution in [0, 0.1) is 0 Å². The number of hydrogen-bond donors (Lipinski definition) is 1. The van der Waals surface area contributed by atoms with Crippen LogP contribution in [-0.2, 0) is 6.54 Å². The minimum Gasteiger partial charge on any atom is -0.375 e. The van der Waals surface area contributed by atoms with Crippen LogP contribution >= 0.6 is 0 Å². The maximum Gasteiger partial charge on any atom is 0.0626 e. The number of likely N-dealkylation sites (tertiary alicyclic amines) is 2. The standard InChI is InChI=1S/C24H30N4/c1-18-5-3-11-27(18)12-4-7-22-13-21(20-8-9-23-24(14-20)26-23)17-28(22)16-19-6-2-10-25-15-19/h2,6,8-10,14-15,21-22,26H,1,3-5,7,11-13,16-17H2. The van der Waals surface area contributed by atoms with Gasteiger partial charge >= 0.3 is 0 Å². The first-order chi connectivity index (χ1) is 13.8. The molecule has 2 fully saturated rings. The van der Waals surface area contributed by atoms with Crippen molar-refractivity contribution in [2.45, 2.75) is 50.6 Å². The van der Waals surface area contributed by atoms with Gasteiger partial charge in [0.2, 0.25) is 0 Å². The number of nitrogens with one attached hydrogen (secondary N) is 1. The summed E-state index contributed by atoms with van der Waals surface area (Å²) in [4.78, 5) is 9.51. The second-order valence-corrected chi connectivity index (χ2v) is 8.61. The van der Waals surface area contributed by atoms with Crippen molar-refractivity contribution in [1.82, 2.24) is 14.8 Å². The number of nitrogens with zero attached hydrogens (tertiary/aromatic N) is 3. The quantitative estimate of drug-likeness (QED) is 0.598. The molecule has 2 aromatic rings. The van der Waals surface area contributed by atoms with Gasteiger partial charge in [0.1, 0.15) is 0 Å². The maximum absolute atomic E-state index is 4.32. The number of pyridine rings is 1. The predicted molar refractivity (Wildman–Crippen MR) is 115 cm³/mol. The van der Waals surface area contributed by atoms with Crippen molar-refractivity contribution >= 4 is 11.4 Å². The lowest BCUT2D eigenvalue weighted by Gasteiger charge is -2.26. The molecule has 0 aliphatic carbocycles. The third-order valence-electron chi connectivity index (χ3n) is 6.66. The molecule has 2 atom stereocenters. The van der Waals surface area contributed by atoms with Gasteiger partial charge in [0.05, 0.1) is 11.4 Å². The molecule has 2 saturated heterocycles. The van der Waals surface area contributed by atoms with Gasteiger partial charge in [0, 0.05) is 50.3 Å². The summed E-state index contributed by atoms with van der Waals surface area (Å²) in [7, 11) is 0. The van der Waals surface area contributed by atoms with E-state index in [9.17, 15) is 0 Å². The van der Waals surface area contributed by atoms with Crippen LogP contribution in [0.3, 0.4) is 0 Å². The molecule has 0 spiro atoms. The van der Waals surface area contributed by atoms with E-state index in [-0.39, 0.29) is 0 Å². The summed E-state index contributed by atoms with van der Waals surface area (Å²) in [5.41, 5.74) is 6.79. The van der Waals surface area contributed by atoms with Gasteiger partial charge in [-0.2, -0.15) is 0 Å². The van der Waals surface area contributed by atoms with E-state index in [1.807, 2.05) is 12.4 Å². The number of allylic oxidation sites excluding steroid dienone is 1. The van der Waals surface area contributed by atoms with Gasteiger partial charge in [0.25, 0.3) is 0 Å². The van der Waals surface area contributed by atoms with Gasteiger partial charge < -0.3 is 10.2 Å². The zero-order valence-electron chi connectivity index (χ0n) is 16.6. The van der Waals surface area contributed by atoms with Crippen LogP contribution in [0.4, 0.5) is 11.4 Å². The second-order valence-electron chi connectivity index (χ2n) is 8.61. The van der Waals surface area contributed by atoms with Gasteiger partial charge in [-0.05, 0) is 67.3 Å². The van der Waals surface area contributed by atoms with Crippen LogP contribution < -0.4 is 5.32 Å². The van der Waals surface area contributed by atoms with Gasteiger partial charge in [-0.1, -0.05) is 18.7 Å². The third-order valence-corrected chi connectivity index (χ3v) is 6.66. The Balaban J connectivity index is 1.25. The van der Waals surface area contributed by atoms with Crippen molar-refractivity contribution < 1.29 is 0 Å². The van der Waals surface area contributed by atoms with E-state index in [1.54, 1.807) is 0 Å². The third kappa shape index (κ3) is 3.79. The summed E-state index contributed by atoms with van der Waals surface area (Å²) < 4.78 is 0. The Kier molecular flexibility index (Phi) is 4.81. The molecular weight excluding hydrogens is 344 g/mol. The summed E-state index contributed by atoms with van der Waals surface area (Å²) >= 11 is 0. The molecule has 0 amide bonds. The Morgan fingerprint density at radius 3 is 2.96 bits per heavy atom. The smallest absolute Gasteiger partial charge is 0.0626 e. The predicted octanol–water partition coefficient (Wildman–Crippen LogP) is 4.89. The minimum absolute atomic E-state index is 0.635. The van der Waals surface area contributed by atoms with Crippen molar-refractivity contribution in [1.29, 1.82) is 0 Å². The van der Waals surface area contributed by atoms with Crippen LogP contribution in [0.2, 0.25) is 0 Å². The number of benzene rings is 1. The van der Waals surface area contributed by atoms with E-state index in [2.05, 4.69) is 57.0 Å². The van der Waals surface area contributed by atoms with Crippen molar-refractivity contribution in [3.63, 3.8) is 0 Å². The SMILES string of the molecule is C=C1CCCN1CCCC1CC(c2ccc3c(c2)N3)CN1Cc1cccnc1. The zero-order chi connectivity index (χ0) is 18.9.